The Morgan fingerprint density at radius 3 is 2.15 bits per heavy atom. The number of ether oxygens (including phenoxy) is 1. The van der Waals surface area contributed by atoms with E-state index in [1.807, 2.05) is 126 Å². The van der Waals surface area contributed by atoms with Gasteiger partial charge in [-0.05, 0) is 11.6 Å². The number of pyridine rings is 1. The average molecular weight is 1050 g/mol. The Balaban J connectivity index is 0.951. The number of nitrogens with zero attached hydrogens (tertiary/aromatic N) is 5. The average Bonchev–Trinajstić information content (AvgIpc) is 3.99. The molecule has 67 heavy (non-hydrogen) atoms. The van der Waals surface area contributed by atoms with E-state index in [1.54, 1.807) is 0 Å². The first-order chi connectivity index (χ1) is 35.6. The molecule has 13 rings (SSSR count). The fourth-order valence-corrected chi connectivity index (χ4v) is 11.2. The molecule has 0 fully saturated rings. The van der Waals surface area contributed by atoms with E-state index in [0.717, 1.165) is 76.3 Å². The third-order valence-corrected chi connectivity index (χ3v) is 14.1. The predicted octanol–water partition coefficient (Wildman–Crippen LogP) is 13.9. The Morgan fingerprint density at radius 2 is 1.37 bits per heavy atom. The molecule has 0 radical (unpaired) electrons. The van der Waals surface area contributed by atoms with Crippen LogP contribution in [-0.4, -0.2) is 21.1 Å². The Morgan fingerprint density at radius 1 is 0.657 bits per heavy atom. The summed E-state index contributed by atoms with van der Waals surface area (Å²) in [5, 5.41) is 0. The van der Waals surface area contributed by atoms with Crippen LogP contribution in [0.25, 0.3) is 66.9 Å². The van der Waals surface area contributed by atoms with Gasteiger partial charge in [-0.3, -0.25) is 0 Å². The van der Waals surface area contributed by atoms with Crippen molar-refractivity contribution in [1.82, 2.24) is 14.1 Å². The molecule has 5 heterocycles. The minimum absolute atomic E-state index is 0.0791. The van der Waals surface area contributed by atoms with Gasteiger partial charge in [-0.1, -0.05) is 30.3 Å². The van der Waals surface area contributed by atoms with E-state index in [2.05, 4.69) is 103 Å². The molecule has 0 saturated heterocycles. The molecular weight excluding hydrogens is 1000 g/mol. The molecule has 0 saturated carbocycles. The van der Waals surface area contributed by atoms with Gasteiger partial charge in [0.05, 0.1) is 5.48 Å². The van der Waals surface area contributed by atoms with Crippen molar-refractivity contribution >= 4 is 46.4 Å². The van der Waals surface area contributed by atoms with Gasteiger partial charge >= 0.3 is 336 Å². The number of aryl methyl sites for hydroxylation is 1. The molecule has 0 bridgehead atoms. The van der Waals surface area contributed by atoms with Gasteiger partial charge in [0.25, 0.3) is 0 Å². The molecule has 3 aliphatic rings. The number of rotatable bonds is 6. The zero-order chi connectivity index (χ0) is 51.1. The summed E-state index contributed by atoms with van der Waals surface area (Å²) in [6.07, 6.45) is 0. The fraction of sp³-hybridized carbons (Fsp3) is 0.0847. The van der Waals surface area contributed by atoms with Gasteiger partial charge in [0, 0.05) is 11.3 Å². The van der Waals surface area contributed by atoms with E-state index in [9.17, 15) is 1.37 Å². The van der Waals surface area contributed by atoms with Crippen molar-refractivity contribution in [2.45, 2.75) is 33.0 Å². The molecule has 0 spiro atoms. The summed E-state index contributed by atoms with van der Waals surface area (Å²) >= 11 is 2.37. The van der Waals surface area contributed by atoms with Crippen LogP contribution >= 0.6 is 0 Å². The monoisotopic (exact) mass is 1050 g/mol. The zero-order valence-electron chi connectivity index (χ0n) is 43.5. The van der Waals surface area contributed by atoms with Crippen LogP contribution in [0.2, 0.25) is 0 Å². The molecule has 0 aliphatic carbocycles. The molecule has 3 aliphatic heterocycles. The van der Waals surface area contributed by atoms with Crippen molar-refractivity contribution in [1.29, 1.82) is 0 Å². The van der Waals surface area contributed by atoms with Crippen molar-refractivity contribution in [2.24, 2.45) is 0 Å². The normalized spacial score (nSPS) is 14.8. The molecule has 324 valence electrons. The molecule has 0 amide bonds. The first-order valence-electron chi connectivity index (χ1n) is 25.7. The van der Waals surface area contributed by atoms with Crippen molar-refractivity contribution in [3.05, 3.63) is 209 Å². The van der Waals surface area contributed by atoms with Crippen molar-refractivity contribution in [2.75, 3.05) is 9.62 Å². The van der Waals surface area contributed by atoms with Gasteiger partial charge in [0.15, 0.2) is 0 Å². The second-order valence-electron chi connectivity index (χ2n) is 18.0. The van der Waals surface area contributed by atoms with E-state index in [4.69, 9.17) is 17.9 Å². The van der Waals surface area contributed by atoms with E-state index in [-0.39, 0.29) is 35.1 Å². The van der Waals surface area contributed by atoms with Gasteiger partial charge in [-0.15, -0.1) is 6.07 Å². The van der Waals surface area contributed by atoms with Gasteiger partial charge in [-0.2, -0.15) is 12.1 Å². The number of anilines is 4. The SMILES string of the molecule is [2H]c1c([2H])c([2H])c2c(c1[2H])-c1cccc3c1B1N(c4[c-]cccc4N12)c1nc(Oc2[c-]c(-n4[c](=[Pt])n(-c5c(-c6ccccc6)cc(C([2H])([2H])[2H])cc5-c5ccc(C(C)(C)C)cc5)c5ccccc54)ccc2)ccc1-3. The number of hydrogen-bond acceptors (Lipinski definition) is 4. The summed E-state index contributed by atoms with van der Waals surface area (Å²) in [5.41, 5.74) is 13.9. The van der Waals surface area contributed by atoms with Crippen molar-refractivity contribution in [3.63, 3.8) is 0 Å². The summed E-state index contributed by atoms with van der Waals surface area (Å²) in [6, 6.07) is 57.7. The Hall–Kier alpha value is -7.47. The number of imidazole rings is 1. The molecule has 8 heteroatoms. The summed E-state index contributed by atoms with van der Waals surface area (Å²) < 4.78 is 73.4. The molecule has 8 aromatic carbocycles. The van der Waals surface area contributed by atoms with Crippen LogP contribution in [0.5, 0.6) is 11.6 Å². The van der Waals surface area contributed by atoms with E-state index < -0.39 is 13.8 Å². The summed E-state index contributed by atoms with van der Waals surface area (Å²) in [7, 11) is 0. The van der Waals surface area contributed by atoms with Crippen molar-refractivity contribution < 1.29 is 33.7 Å². The van der Waals surface area contributed by atoms with Gasteiger partial charge in [0.2, 0.25) is 0 Å². The molecule has 6 nitrogen and oxygen atoms in total. The van der Waals surface area contributed by atoms with Gasteiger partial charge < -0.3 is 0 Å². The third kappa shape index (κ3) is 6.14. The van der Waals surface area contributed by atoms with Gasteiger partial charge in [0.1, 0.15) is 0 Å². The van der Waals surface area contributed by atoms with Crippen LogP contribution in [0.4, 0.5) is 22.9 Å². The predicted molar refractivity (Wildman–Crippen MR) is 269 cm³/mol. The third-order valence-electron chi connectivity index (χ3n) is 13.1. The number of para-hydroxylation sites is 4. The molecule has 0 N–H and O–H groups in total. The topological polar surface area (TPSA) is 38.5 Å². The van der Waals surface area contributed by atoms with E-state index in [0.29, 0.717) is 34.4 Å². The molecule has 0 atom stereocenters. The van der Waals surface area contributed by atoms with Gasteiger partial charge in [-0.25, -0.2) is 0 Å². The number of hydrogen-bond donors (Lipinski definition) is 0. The number of benzene rings is 8. The first kappa shape index (κ1) is 33.1. The second kappa shape index (κ2) is 15.0. The van der Waals surface area contributed by atoms with Crippen LogP contribution in [-0.2, 0) is 24.8 Å². The Bertz CT molecular complexity index is 4080. The van der Waals surface area contributed by atoms with Crippen LogP contribution < -0.4 is 19.8 Å². The van der Waals surface area contributed by atoms with Crippen LogP contribution in [0.1, 0.15) is 41.5 Å². The minimum atomic E-state index is -2.37. The molecule has 0 unspecified atom stereocenters. The Labute approximate surface area is 411 Å². The Kier molecular flexibility index (Phi) is 7.42. The summed E-state index contributed by atoms with van der Waals surface area (Å²) in [6.45, 7) is 3.67. The first-order valence-corrected chi connectivity index (χ1v) is 23.3. The molecule has 10 aromatic rings. The summed E-state index contributed by atoms with van der Waals surface area (Å²) in [4.78, 5) is 9.34. The fourth-order valence-electron chi connectivity index (χ4n) is 10.1. The maximum atomic E-state index is 9.19. The quantitative estimate of drug-likeness (QED) is 0.123. The zero-order valence-corrected chi connectivity index (χ0v) is 38.8. The standard InChI is InChI=1S/C59H42BN5O.Pt/c1-38-34-48(39-16-6-5-7-17-39)57(49(35-38)40-28-30-41(31-29-40)59(2,3)4)63-37-62(51-24-10-11-25-52(51)63)42-18-14-19-43(36-42)66-55-33-32-47-46-22-15-21-45-44-20-8-9-23-50(44)64-53-26-12-13-27-54(53)65(58(47)61-55)60(64)56(45)46;/h5-26,28-35H,1-4H3;/q-2;/i1D3,8D,9D,20D,23D;. The van der Waals surface area contributed by atoms with E-state index in [1.165, 1.54) is 5.56 Å². The van der Waals surface area contributed by atoms with Crippen molar-refractivity contribution in [3.8, 4) is 67.5 Å². The number of aromatic nitrogens is 3. The summed E-state index contributed by atoms with van der Waals surface area (Å²) in [5.74, 6) is 1.38. The second-order valence-corrected chi connectivity index (χ2v) is 19.1. The van der Waals surface area contributed by atoms with Crippen LogP contribution in [0.15, 0.2) is 182 Å². The molecular formula is C59H42BN5OPt-2. The van der Waals surface area contributed by atoms with E-state index >= 15 is 0 Å². The number of fused-ring (bicyclic) bond motifs is 10. The molecule has 2 aromatic heterocycles. The maximum absolute atomic E-state index is 9.19. The van der Waals surface area contributed by atoms with Crippen LogP contribution in [0, 0.1) is 22.8 Å². The van der Waals surface area contributed by atoms with Crippen LogP contribution in [0.3, 0.4) is 0 Å².